The van der Waals surface area contributed by atoms with E-state index in [1.54, 1.807) is 36.1 Å². The molecule has 1 aliphatic heterocycles. The van der Waals surface area contributed by atoms with Gasteiger partial charge < -0.3 is 25.2 Å². The molecule has 2 rings (SSSR count). The summed E-state index contributed by atoms with van der Waals surface area (Å²) in [5, 5.41) is 12.3. The predicted octanol–water partition coefficient (Wildman–Crippen LogP) is 1.61. The van der Waals surface area contributed by atoms with Gasteiger partial charge in [-0.2, -0.15) is 0 Å². The van der Waals surface area contributed by atoms with Crippen LogP contribution in [-0.4, -0.2) is 68.7 Å². The van der Waals surface area contributed by atoms with Gasteiger partial charge >= 0.3 is 18.1 Å². The standard InChI is InChI=1S/C20H28N6O6/c1-4-31-17(27)9-11-21-19(29)23-16-10-12-26(18(16)28)15-7-5-14(6-8-15)13-22-24-32-20(30)25(2)3/h5-8,16H,4,9-13H2,1-3H3,(H2,21,23,29)/t16-/m0/s1. The number of esters is 1. The van der Waals surface area contributed by atoms with Gasteiger partial charge in [-0.1, -0.05) is 12.1 Å². The molecule has 1 aliphatic rings. The Morgan fingerprint density at radius 2 is 1.94 bits per heavy atom. The quantitative estimate of drug-likeness (QED) is 0.334. The first-order valence-electron chi connectivity index (χ1n) is 10.2. The normalized spacial score (nSPS) is 15.5. The van der Waals surface area contributed by atoms with E-state index >= 15 is 0 Å². The Bertz CT molecular complexity index is 841. The summed E-state index contributed by atoms with van der Waals surface area (Å²) >= 11 is 0. The minimum absolute atomic E-state index is 0.0655. The molecule has 1 fully saturated rings. The van der Waals surface area contributed by atoms with Crippen molar-refractivity contribution in [3.05, 3.63) is 29.8 Å². The number of amides is 4. The van der Waals surface area contributed by atoms with Crippen LogP contribution < -0.4 is 15.5 Å². The van der Waals surface area contributed by atoms with Gasteiger partial charge in [0.2, 0.25) is 5.91 Å². The van der Waals surface area contributed by atoms with E-state index in [1.165, 1.54) is 19.0 Å². The van der Waals surface area contributed by atoms with Gasteiger partial charge in [0.1, 0.15) is 6.04 Å². The van der Waals surface area contributed by atoms with Crippen LogP contribution in [-0.2, 0) is 25.7 Å². The highest BCUT2D eigenvalue weighted by atomic mass is 16.7. The lowest BCUT2D eigenvalue weighted by atomic mass is 10.2. The fourth-order valence-electron chi connectivity index (χ4n) is 2.83. The van der Waals surface area contributed by atoms with E-state index in [9.17, 15) is 19.2 Å². The average Bonchev–Trinajstić information content (AvgIpc) is 3.11. The molecule has 1 atom stereocenters. The first kappa shape index (κ1) is 24.6. The van der Waals surface area contributed by atoms with Crippen LogP contribution in [0.5, 0.6) is 0 Å². The minimum atomic E-state index is -0.641. The van der Waals surface area contributed by atoms with E-state index in [0.717, 1.165) is 5.56 Å². The van der Waals surface area contributed by atoms with Crippen molar-refractivity contribution in [2.24, 2.45) is 10.4 Å². The minimum Gasteiger partial charge on any atom is -0.466 e. The van der Waals surface area contributed by atoms with E-state index < -0.39 is 24.1 Å². The van der Waals surface area contributed by atoms with Gasteiger partial charge in [-0.3, -0.25) is 14.4 Å². The van der Waals surface area contributed by atoms with Gasteiger partial charge in [0, 0.05) is 38.1 Å². The van der Waals surface area contributed by atoms with E-state index in [4.69, 9.17) is 4.74 Å². The first-order chi connectivity index (χ1) is 15.3. The highest BCUT2D eigenvalue weighted by molar-refractivity contribution is 6.01. The van der Waals surface area contributed by atoms with Crippen LogP contribution in [0.2, 0.25) is 0 Å². The van der Waals surface area contributed by atoms with Crippen LogP contribution in [0.25, 0.3) is 0 Å². The van der Waals surface area contributed by atoms with Crippen LogP contribution in [0.3, 0.4) is 0 Å². The Kier molecular flexibility index (Phi) is 9.39. The second-order valence-electron chi connectivity index (χ2n) is 7.09. The zero-order chi connectivity index (χ0) is 23.5. The summed E-state index contributed by atoms with van der Waals surface area (Å²) in [6.07, 6.45) is -0.0830. The molecule has 1 aromatic rings. The number of carbonyl (C=O) groups excluding carboxylic acids is 4. The molecule has 0 aromatic heterocycles. The Balaban J connectivity index is 1.79. The molecular formula is C20H28N6O6. The fourth-order valence-corrected chi connectivity index (χ4v) is 2.83. The zero-order valence-electron chi connectivity index (χ0n) is 18.4. The third-order valence-electron chi connectivity index (χ3n) is 4.47. The van der Waals surface area contributed by atoms with Crippen molar-refractivity contribution >= 4 is 29.7 Å². The number of hydrogen-bond acceptors (Lipinski definition) is 8. The summed E-state index contributed by atoms with van der Waals surface area (Å²) in [5.41, 5.74) is 1.52. The van der Waals surface area contributed by atoms with Gasteiger partial charge in [-0.25, -0.2) is 9.59 Å². The lowest BCUT2D eigenvalue weighted by Crippen LogP contribution is -2.46. The zero-order valence-corrected chi connectivity index (χ0v) is 18.4. The van der Waals surface area contributed by atoms with E-state index in [-0.39, 0.29) is 32.0 Å². The summed E-state index contributed by atoms with van der Waals surface area (Å²) in [6, 6.07) is 5.98. The summed E-state index contributed by atoms with van der Waals surface area (Å²) in [4.78, 5) is 54.5. The third kappa shape index (κ3) is 7.52. The molecule has 0 unspecified atom stereocenters. The molecule has 4 amide bonds. The third-order valence-corrected chi connectivity index (χ3v) is 4.47. The van der Waals surface area contributed by atoms with Crippen molar-refractivity contribution in [2.45, 2.75) is 32.4 Å². The average molecular weight is 448 g/mol. The van der Waals surface area contributed by atoms with Crippen LogP contribution >= 0.6 is 0 Å². The maximum atomic E-state index is 12.6. The smallest absolute Gasteiger partial charge is 0.436 e. The second kappa shape index (κ2) is 12.2. The Labute approximate surface area is 185 Å². The topological polar surface area (TPSA) is 142 Å². The van der Waals surface area contributed by atoms with Crippen molar-refractivity contribution in [3.8, 4) is 0 Å². The number of hydrogen-bond donors (Lipinski definition) is 2. The van der Waals surface area contributed by atoms with E-state index in [1.807, 2.05) is 0 Å². The SMILES string of the molecule is CCOC(=O)CCNC(=O)N[C@H]1CCN(c2ccc(CN=NOC(=O)N(C)C)cc2)C1=O. The number of anilines is 1. The van der Waals surface area contributed by atoms with Crippen molar-refractivity contribution < 1.29 is 28.8 Å². The predicted molar refractivity (Wildman–Crippen MR) is 114 cm³/mol. The number of rotatable bonds is 9. The highest BCUT2D eigenvalue weighted by Crippen LogP contribution is 2.22. The van der Waals surface area contributed by atoms with E-state index in [0.29, 0.717) is 18.7 Å². The van der Waals surface area contributed by atoms with Crippen LogP contribution in [0.1, 0.15) is 25.3 Å². The van der Waals surface area contributed by atoms with Gasteiger partial charge in [0.05, 0.1) is 19.6 Å². The maximum Gasteiger partial charge on any atom is 0.436 e. The van der Waals surface area contributed by atoms with Gasteiger partial charge in [-0.05, 0) is 31.0 Å². The second-order valence-corrected chi connectivity index (χ2v) is 7.09. The highest BCUT2D eigenvalue weighted by Gasteiger charge is 2.33. The monoisotopic (exact) mass is 448 g/mol. The molecule has 0 radical (unpaired) electrons. The van der Waals surface area contributed by atoms with Crippen molar-refractivity contribution in [1.29, 1.82) is 0 Å². The molecule has 32 heavy (non-hydrogen) atoms. The molecule has 0 bridgehead atoms. The summed E-state index contributed by atoms with van der Waals surface area (Å²) < 4.78 is 4.79. The molecule has 12 heteroatoms. The first-order valence-corrected chi connectivity index (χ1v) is 10.2. The maximum absolute atomic E-state index is 12.6. The summed E-state index contributed by atoms with van der Waals surface area (Å²) in [6.45, 7) is 2.80. The number of carbonyl (C=O) groups is 4. The molecule has 0 spiro atoms. The molecule has 174 valence electrons. The molecule has 0 aliphatic carbocycles. The van der Waals surface area contributed by atoms with Crippen LogP contribution in [0.4, 0.5) is 15.3 Å². The molecule has 1 aromatic carbocycles. The molecular weight excluding hydrogens is 420 g/mol. The summed E-state index contributed by atoms with van der Waals surface area (Å²) in [5.74, 6) is -0.607. The lowest BCUT2D eigenvalue weighted by Gasteiger charge is -2.17. The molecule has 0 saturated carbocycles. The number of urea groups is 1. The largest absolute Gasteiger partial charge is 0.466 e. The molecule has 12 nitrogen and oxygen atoms in total. The van der Waals surface area contributed by atoms with Gasteiger partial charge in [0.15, 0.2) is 0 Å². The number of ether oxygens (including phenoxy) is 1. The number of nitrogens with one attached hydrogen (secondary N) is 2. The number of benzene rings is 1. The Morgan fingerprint density at radius 3 is 2.59 bits per heavy atom. The summed E-state index contributed by atoms with van der Waals surface area (Å²) in [7, 11) is 3.07. The van der Waals surface area contributed by atoms with Crippen LogP contribution in [0.15, 0.2) is 34.7 Å². The Morgan fingerprint density at radius 1 is 1.22 bits per heavy atom. The van der Waals surface area contributed by atoms with E-state index in [2.05, 4.69) is 25.9 Å². The van der Waals surface area contributed by atoms with Gasteiger partial charge in [0.25, 0.3) is 0 Å². The molecule has 1 saturated heterocycles. The van der Waals surface area contributed by atoms with Crippen molar-refractivity contribution in [2.75, 3.05) is 38.7 Å². The van der Waals surface area contributed by atoms with Gasteiger partial charge in [-0.15, -0.1) is 5.11 Å². The van der Waals surface area contributed by atoms with Crippen molar-refractivity contribution in [1.82, 2.24) is 15.5 Å². The molecule has 1 heterocycles. The lowest BCUT2D eigenvalue weighted by molar-refractivity contribution is -0.142. The fraction of sp³-hybridized carbons (Fsp3) is 0.500. The van der Waals surface area contributed by atoms with Crippen molar-refractivity contribution in [3.63, 3.8) is 0 Å². The molecule has 2 N–H and O–H groups in total. The van der Waals surface area contributed by atoms with Crippen LogP contribution in [0, 0.1) is 0 Å². The Hall–Kier alpha value is -3.70. The number of nitrogens with zero attached hydrogens (tertiary/aromatic N) is 4.